The van der Waals surface area contributed by atoms with Crippen LogP contribution in [0, 0.1) is 5.92 Å². The minimum absolute atomic E-state index is 0.435. The molecule has 0 unspecified atom stereocenters. The van der Waals surface area contributed by atoms with Gasteiger partial charge in [0.15, 0.2) is 0 Å². The fraction of sp³-hybridized carbons (Fsp3) is 0.370. The molecule has 3 aliphatic rings. The van der Waals surface area contributed by atoms with Crippen LogP contribution < -0.4 is 5.32 Å². The van der Waals surface area contributed by atoms with Gasteiger partial charge in [-0.05, 0) is 84.7 Å². The lowest BCUT2D eigenvalue weighted by Crippen LogP contribution is -2.59. The van der Waals surface area contributed by atoms with Crippen molar-refractivity contribution in [1.29, 1.82) is 0 Å². The van der Waals surface area contributed by atoms with Gasteiger partial charge in [-0.15, -0.1) is 0 Å². The summed E-state index contributed by atoms with van der Waals surface area (Å²) >= 11 is 6.10. The topological polar surface area (TPSA) is 24.9 Å². The molecule has 2 aliphatic carbocycles. The van der Waals surface area contributed by atoms with Crippen molar-refractivity contribution in [3.63, 3.8) is 0 Å². The van der Waals surface area contributed by atoms with E-state index in [0.29, 0.717) is 11.5 Å². The molecule has 0 spiro atoms. The van der Waals surface area contributed by atoms with Gasteiger partial charge in [-0.1, -0.05) is 60.8 Å². The van der Waals surface area contributed by atoms with Crippen molar-refractivity contribution in [2.45, 2.75) is 50.0 Å². The van der Waals surface area contributed by atoms with Crippen LogP contribution >= 0.6 is 11.6 Å². The lowest BCUT2D eigenvalue weighted by molar-refractivity contribution is 0.0799. The molecule has 2 aromatic carbocycles. The number of hydrogen-bond acceptors (Lipinski definition) is 2. The van der Waals surface area contributed by atoms with Gasteiger partial charge in [-0.3, -0.25) is 4.98 Å². The Bertz CT molecular complexity index is 955. The van der Waals surface area contributed by atoms with Crippen LogP contribution in [0.2, 0.25) is 5.02 Å². The summed E-state index contributed by atoms with van der Waals surface area (Å²) in [5.74, 6) is 0.841. The maximum Gasteiger partial charge on any atom is 0.0406 e. The molecule has 1 saturated heterocycles. The number of fused-ring (bicyclic) bond motifs is 1. The second-order valence-corrected chi connectivity index (χ2v) is 9.32. The van der Waals surface area contributed by atoms with E-state index in [9.17, 15) is 0 Å². The van der Waals surface area contributed by atoms with Crippen LogP contribution in [-0.2, 0) is 11.8 Å². The second-order valence-electron chi connectivity index (χ2n) is 8.89. The van der Waals surface area contributed by atoms with Crippen LogP contribution in [0.5, 0.6) is 0 Å². The van der Waals surface area contributed by atoms with Crippen molar-refractivity contribution in [1.82, 2.24) is 10.3 Å². The van der Waals surface area contributed by atoms with Crippen molar-refractivity contribution in [3.8, 4) is 11.1 Å². The van der Waals surface area contributed by atoms with Crippen LogP contribution in [-0.4, -0.2) is 17.6 Å². The Hall–Kier alpha value is -2.16. The third kappa shape index (κ3) is 3.57. The highest BCUT2D eigenvalue weighted by Gasteiger charge is 2.51. The number of hydrogen-bond donors (Lipinski definition) is 1. The van der Waals surface area contributed by atoms with E-state index in [1.807, 2.05) is 30.3 Å². The summed E-state index contributed by atoms with van der Waals surface area (Å²) in [6, 6.07) is 21.8. The van der Waals surface area contributed by atoms with E-state index in [2.05, 4.69) is 40.6 Å². The lowest BCUT2D eigenvalue weighted by atomic mass is 9.52. The summed E-state index contributed by atoms with van der Waals surface area (Å²) in [4.78, 5) is 3.78. The maximum atomic E-state index is 6.10. The number of pyridine rings is 1. The molecule has 2 fully saturated rings. The van der Waals surface area contributed by atoms with Crippen molar-refractivity contribution < 1.29 is 0 Å². The molecule has 3 heteroatoms. The molecule has 3 atom stereocenters. The number of rotatable bonds is 1. The first-order chi connectivity index (χ1) is 14.8. The quantitative estimate of drug-likeness (QED) is 0.494. The van der Waals surface area contributed by atoms with Crippen molar-refractivity contribution in [2.75, 3.05) is 6.54 Å². The van der Waals surface area contributed by atoms with Gasteiger partial charge in [0.2, 0.25) is 0 Å². The number of nitrogens with zero attached hydrogens (tertiary/aromatic N) is 1. The highest BCUT2D eigenvalue weighted by atomic mass is 35.5. The van der Waals surface area contributed by atoms with Gasteiger partial charge in [0.1, 0.15) is 0 Å². The summed E-state index contributed by atoms with van der Waals surface area (Å²) in [6.45, 7) is 1.19. The summed E-state index contributed by atoms with van der Waals surface area (Å²) in [5, 5.41) is 4.66. The zero-order chi connectivity index (χ0) is 20.4. The molecule has 1 saturated carbocycles. The molecule has 0 radical (unpaired) electrons. The number of benzene rings is 2. The molecule has 30 heavy (non-hydrogen) atoms. The molecular weight excluding hydrogens is 388 g/mol. The summed E-state index contributed by atoms with van der Waals surface area (Å²) < 4.78 is 0. The van der Waals surface area contributed by atoms with Crippen LogP contribution in [0.25, 0.3) is 11.1 Å². The Morgan fingerprint density at radius 2 is 1.73 bits per heavy atom. The van der Waals surface area contributed by atoms with Gasteiger partial charge in [0.05, 0.1) is 0 Å². The van der Waals surface area contributed by atoms with Crippen LogP contribution in [0.4, 0.5) is 0 Å². The maximum absolute atomic E-state index is 6.10. The van der Waals surface area contributed by atoms with E-state index >= 15 is 0 Å². The highest BCUT2D eigenvalue weighted by Crippen LogP contribution is 2.55. The highest BCUT2D eigenvalue weighted by molar-refractivity contribution is 6.30. The Balaban J connectivity index is 0.000000279. The molecule has 2 nitrogen and oxygen atoms in total. The van der Waals surface area contributed by atoms with E-state index < -0.39 is 0 Å². The molecule has 1 aromatic heterocycles. The second kappa shape index (κ2) is 8.53. The van der Waals surface area contributed by atoms with E-state index in [1.54, 1.807) is 23.5 Å². The summed E-state index contributed by atoms with van der Waals surface area (Å²) in [7, 11) is 0. The van der Waals surface area contributed by atoms with Gasteiger partial charge in [-0.25, -0.2) is 0 Å². The minimum atomic E-state index is 0.435. The standard InChI is InChI=1S/C22H24ClN.C5H5N/c23-16-9-7-15(8-10-16)17-4-3-6-19-18(17)14-21-20-5-1-2-11-22(19,20)12-13-24-21;1-2-4-6-5-3-1/h3-4,6-10,20-21,24H,1-2,5,11-14H2;1-5H/t20-,21+,22-;/m0./s1. The first kappa shape index (κ1) is 19.8. The average molecular weight is 417 g/mol. The number of aromatic nitrogens is 1. The smallest absolute Gasteiger partial charge is 0.0406 e. The zero-order valence-electron chi connectivity index (χ0n) is 17.4. The minimum Gasteiger partial charge on any atom is -0.313 e. The molecule has 2 heterocycles. The molecule has 154 valence electrons. The predicted molar refractivity (Wildman–Crippen MR) is 125 cm³/mol. The first-order valence-corrected chi connectivity index (χ1v) is 11.6. The number of halogens is 1. The average Bonchev–Trinajstić information content (AvgIpc) is 2.81. The molecular formula is C27H29ClN2. The van der Waals surface area contributed by atoms with Crippen molar-refractivity contribution in [2.24, 2.45) is 5.92 Å². The van der Waals surface area contributed by atoms with Crippen molar-refractivity contribution >= 4 is 11.6 Å². The predicted octanol–water partition coefficient (Wildman–Crippen LogP) is 6.43. The Morgan fingerprint density at radius 3 is 2.47 bits per heavy atom. The van der Waals surface area contributed by atoms with E-state index in [4.69, 9.17) is 11.6 Å². The fourth-order valence-corrected chi connectivity index (χ4v) is 6.30. The Kier molecular flexibility index (Phi) is 5.62. The van der Waals surface area contributed by atoms with Crippen molar-refractivity contribution in [3.05, 3.63) is 89.2 Å². The van der Waals surface area contributed by atoms with Gasteiger partial charge < -0.3 is 5.32 Å². The molecule has 6 rings (SSSR count). The molecule has 2 bridgehead atoms. The molecule has 1 aliphatic heterocycles. The zero-order valence-corrected chi connectivity index (χ0v) is 18.1. The normalized spacial score (nSPS) is 26.6. The molecule has 3 aromatic rings. The van der Waals surface area contributed by atoms with E-state index in [-0.39, 0.29) is 0 Å². The van der Waals surface area contributed by atoms with Gasteiger partial charge >= 0.3 is 0 Å². The third-order valence-corrected chi connectivity index (χ3v) is 7.67. The Labute approximate surface area is 184 Å². The molecule has 1 N–H and O–H groups in total. The van der Waals surface area contributed by atoms with Gasteiger partial charge in [-0.2, -0.15) is 0 Å². The van der Waals surface area contributed by atoms with Crippen LogP contribution in [0.3, 0.4) is 0 Å². The summed E-state index contributed by atoms with van der Waals surface area (Å²) in [6.07, 6.45) is 11.6. The van der Waals surface area contributed by atoms with E-state index in [0.717, 1.165) is 10.9 Å². The van der Waals surface area contributed by atoms with E-state index in [1.165, 1.54) is 56.2 Å². The van der Waals surface area contributed by atoms with Gasteiger partial charge in [0.25, 0.3) is 0 Å². The largest absolute Gasteiger partial charge is 0.313 e. The SMILES string of the molecule is Clc1ccc(-c2cccc3c2C[C@H]2NCC[C@@]34CCCC[C@@H]24)cc1.c1ccncc1. The monoisotopic (exact) mass is 416 g/mol. The van der Waals surface area contributed by atoms with Gasteiger partial charge in [0, 0.05) is 28.9 Å². The summed E-state index contributed by atoms with van der Waals surface area (Å²) in [5.41, 5.74) is 6.42. The first-order valence-electron chi connectivity index (χ1n) is 11.2. The number of piperidine rings is 1. The fourth-order valence-electron chi connectivity index (χ4n) is 6.18. The Morgan fingerprint density at radius 1 is 0.900 bits per heavy atom. The molecule has 0 amide bonds. The third-order valence-electron chi connectivity index (χ3n) is 7.42. The van der Waals surface area contributed by atoms with Crippen LogP contribution in [0.15, 0.2) is 73.1 Å². The number of nitrogens with one attached hydrogen (secondary N) is 1. The lowest BCUT2D eigenvalue weighted by Gasteiger charge is -2.56. The van der Waals surface area contributed by atoms with Crippen LogP contribution in [0.1, 0.15) is 43.2 Å².